The van der Waals surface area contributed by atoms with Gasteiger partial charge in [-0.1, -0.05) is 168 Å². The minimum Gasteiger partial charge on any atom is -0.463 e. The second-order valence-electron chi connectivity index (χ2n) is 11.2. The van der Waals surface area contributed by atoms with Crippen LogP contribution in [0.1, 0.15) is 181 Å². The molecular formula is C34H64O4. The number of carbonyl (C=O) groups excluding carboxylic acids is 2. The average Bonchev–Trinajstić information content (AvgIpc) is 2.92. The van der Waals surface area contributed by atoms with Crippen molar-refractivity contribution in [2.45, 2.75) is 181 Å². The molecule has 0 fully saturated rings. The quantitative estimate of drug-likeness (QED) is 0.0520. The summed E-state index contributed by atoms with van der Waals surface area (Å²) in [7, 11) is 0. The predicted molar refractivity (Wildman–Crippen MR) is 162 cm³/mol. The normalized spacial score (nSPS) is 11.3. The van der Waals surface area contributed by atoms with Crippen LogP contribution in [-0.4, -0.2) is 25.2 Å². The van der Waals surface area contributed by atoms with E-state index < -0.39 is 11.9 Å². The van der Waals surface area contributed by atoms with Crippen LogP contribution in [0.5, 0.6) is 0 Å². The molecule has 0 aromatic heterocycles. The third-order valence-corrected chi connectivity index (χ3v) is 7.34. The third-order valence-electron chi connectivity index (χ3n) is 7.34. The Morgan fingerprint density at radius 1 is 0.368 bits per heavy atom. The van der Waals surface area contributed by atoms with Gasteiger partial charge in [-0.2, -0.15) is 0 Å². The molecule has 4 nitrogen and oxygen atoms in total. The minimum absolute atomic E-state index is 0.426. The Bertz CT molecular complexity index is 483. The summed E-state index contributed by atoms with van der Waals surface area (Å²) >= 11 is 0. The average molecular weight is 537 g/mol. The van der Waals surface area contributed by atoms with E-state index in [1.165, 1.54) is 153 Å². The van der Waals surface area contributed by atoms with Gasteiger partial charge in [-0.25, -0.2) is 9.59 Å². The number of unbranched alkanes of at least 4 members (excludes halogenated alkanes) is 24. The Kier molecular flexibility index (Phi) is 30.8. The van der Waals surface area contributed by atoms with Crippen molar-refractivity contribution in [3.05, 3.63) is 12.2 Å². The van der Waals surface area contributed by atoms with Crippen molar-refractivity contribution in [1.29, 1.82) is 0 Å². The molecule has 0 aromatic rings. The first kappa shape index (κ1) is 36.7. The first-order valence-electron chi connectivity index (χ1n) is 16.7. The van der Waals surface area contributed by atoms with Crippen LogP contribution in [0.2, 0.25) is 0 Å². The van der Waals surface area contributed by atoms with Gasteiger partial charge < -0.3 is 9.47 Å². The van der Waals surface area contributed by atoms with E-state index in [4.69, 9.17) is 9.47 Å². The summed E-state index contributed by atoms with van der Waals surface area (Å²) in [6.07, 6.45) is 36.0. The topological polar surface area (TPSA) is 52.6 Å². The van der Waals surface area contributed by atoms with Gasteiger partial charge in [0.2, 0.25) is 0 Å². The van der Waals surface area contributed by atoms with E-state index in [2.05, 4.69) is 13.8 Å². The van der Waals surface area contributed by atoms with Crippen LogP contribution in [0, 0.1) is 0 Å². The van der Waals surface area contributed by atoms with Crippen molar-refractivity contribution in [2.75, 3.05) is 13.2 Å². The van der Waals surface area contributed by atoms with Gasteiger partial charge in [-0.05, 0) is 12.8 Å². The molecular weight excluding hydrogens is 472 g/mol. The number of ether oxygens (including phenoxy) is 2. The summed E-state index contributed by atoms with van der Waals surface area (Å²) in [5.41, 5.74) is 0. The smallest absolute Gasteiger partial charge is 0.331 e. The van der Waals surface area contributed by atoms with Crippen LogP contribution in [0.25, 0.3) is 0 Å². The Morgan fingerprint density at radius 2 is 0.579 bits per heavy atom. The van der Waals surface area contributed by atoms with E-state index in [1.54, 1.807) is 0 Å². The zero-order valence-electron chi connectivity index (χ0n) is 25.6. The number of carbonyl (C=O) groups is 2. The van der Waals surface area contributed by atoms with Crippen molar-refractivity contribution < 1.29 is 19.1 Å². The molecule has 0 aliphatic rings. The van der Waals surface area contributed by atoms with Gasteiger partial charge in [0.25, 0.3) is 0 Å². The largest absolute Gasteiger partial charge is 0.463 e. The number of hydrogen-bond donors (Lipinski definition) is 0. The summed E-state index contributed by atoms with van der Waals surface area (Å²) in [5.74, 6) is -0.913. The number of rotatable bonds is 30. The zero-order chi connectivity index (χ0) is 27.8. The van der Waals surface area contributed by atoms with Crippen LogP contribution < -0.4 is 0 Å². The fourth-order valence-corrected chi connectivity index (χ4v) is 4.82. The summed E-state index contributed by atoms with van der Waals surface area (Å²) in [6, 6.07) is 0. The molecule has 0 aliphatic heterocycles. The maximum Gasteiger partial charge on any atom is 0.331 e. The van der Waals surface area contributed by atoms with Gasteiger partial charge in [-0.3, -0.25) is 0 Å². The van der Waals surface area contributed by atoms with E-state index in [-0.39, 0.29) is 0 Å². The Balaban J connectivity index is 3.35. The third kappa shape index (κ3) is 30.9. The van der Waals surface area contributed by atoms with Crippen LogP contribution in [0.15, 0.2) is 12.2 Å². The molecule has 0 heterocycles. The van der Waals surface area contributed by atoms with Crippen molar-refractivity contribution in [3.63, 3.8) is 0 Å². The fourth-order valence-electron chi connectivity index (χ4n) is 4.82. The highest BCUT2D eigenvalue weighted by Gasteiger charge is 2.02. The lowest BCUT2D eigenvalue weighted by Gasteiger charge is -2.04. The molecule has 0 radical (unpaired) electrons. The molecule has 0 spiro atoms. The van der Waals surface area contributed by atoms with E-state index in [0.29, 0.717) is 13.2 Å². The molecule has 224 valence electrons. The van der Waals surface area contributed by atoms with Crippen molar-refractivity contribution >= 4 is 11.9 Å². The lowest BCUT2D eigenvalue weighted by molar-refractivity contribution is -0.140. The minimum atomic E-state index is -0.457. The molecule has 0 amide bonds. The van der Waals surface area contributed by atoms with Crippen LogP contribution >= 0.6 is 0 Å². The number of esters is 2. The Hall–Kier alpha value is -1.32. The molecule has 0 bridgehead atoms. The van der Waals surface area contributed by atoms with Gasteiger partial charge in [0, 0.05) is 12.2 Å². The maximum absolute atomic E-state index is 11.8. The Morgan fingerprint density at radius 3 is 0.816 bits per heavy atom. The monoisotopic (exact) mass is 536 g/mol. The first-order chi connectivity index (χ1) is 18.7. The van der Waals surface area contributed by atoms with Gasteiger partial charge in [0.05, 0.1) is 13.2 Å². The number of hydrogen-bond acceptors (Lipinski definition) is 4. The lowest BCUT2D eigenvalue weighted by atomic mass is 10.0. The van der Waals surface area contributed by atoms with Crippen molar-refractivity contribution in [1.82, 2.24) is 0 Å². The zero-order valence-corrected chi connectivity index (χ0v) is 25.6. The lowest BCUT2D eigenvalue weighted by Crippen LogP contribution is -2.06. The molecule has 0 N–H and O–H groups in total. The van der Waals surface area contributed by atoms with Gasteiger partial charge >= 0.3 is 11.9 Å². The van der Waals surface area contributed by atoms with Crippen LogP contribution in [-0.2, 0) is 19.1 Å². The fraction of sp³-hybridized carbons (Fsp3) is 0.882. The molecule has 0 atom stereocenters. The van der Waals surface area contributed by atoms with Crippen molar-refractivity contribution in [3.8, 4) is 0 Å². The molecule has 0 aliphatic carbocycles. The van der Waals surface area contributed by atoms with E-state index in [0.717, 1.165) is 25.7 Å². The van der Waals surface area contributed by atoms with Crippen LogP contribution in [0.3, 0.4) is 0 Å². The van der Waals surface area contributed by atoms with E-state index in [9.17, 15) is 9.59 Å². The predicted octanol–water partition coefficient (Wildman–Crippen LogP) is 10.8. The first-order valence-corrected chi connectivity index (χ1v) is 16.7. The van der Waals surface area contributed by atoms with Crippen molar-refractivity contribution in [2.24, 2.45) is 0 Å². The van der Waals surface area contributed by atoms with Gasteiger partial charge in [-0.15, -0.1) is 0 Å². The second kappa shape index (κ2) is 31.9. The highest BCUT2D eigenvalue weighted by molar-refractivity contribution is 5.91. The molecule has 0 aromatic carbocycles. The standard InChI is InChI=1S/C34H64O4/c1-3-5-7-9-11-13-15-17-19-21-23-25-27-31-37-33(35)29-30-34(36)38-32-28-26-24-22-20-18-16-14-12-10-8-6-4-2/h29-30H,3-28,31-32H2,1-2H3/b30-29+. The molecule has 0 unspecified atom stereocenters. The molecule has 38 heavy (non-hydrogen) atoms. The van der Waals surface area contributed by atoms with Crippen LogP contribution in [0.4, 0.5) is 0 Å². The highest BCUT2D eigenvalue weighted by atomic mass is 16.5. The summed E-state index contributed by atoms with van der Waals surface area (Å²) < 4.78 is 10.4. The molecule has 0 rings (SSSR count). The second-order valence-corrected chi connectivity index (χ2v) is 11.2. The van der Waals surface area contributed by atoms with Gasteiger partial charge in [0.1, 0.15) is 0 Å². The molecule has 0 saturated carbocycles. The van der Waals surface area contributed by atoms with E-state index in [1.807, 2.05) is 0 Å². The maximum atomic E-state index is 11.8. The Labute approximate surface area is 237 Å². The SMILES string of the molecule is CCCCCCCCCCCCCCCOC(=O)/C=C/C(=O)OCCCCCCCCCCCCCCC. The molecule has 0 saturated heterocycles. The van der Waals surface area contributed by atoms with E-state index >= 15 is 0 Å². The summed E-state index contributed by atoms with van der Waals surface area (Å²) in [6.45, 7) is 5.38. The van der Waals surface area contributed by atoms with Gasteiger partial charge in [0.15, 0.2) is 0 Å². The molecule has 4 heteroatoms. The highest BCUT2D eigenvalue weighted by Crippen LogP contribution is 2.13. The summed E-state index contributed by atoms with van der Waals surface area (Å²) in [5, 5.41) is 0. The summed E-state index contributed by atoms with van der Waals surface area (Å²) in [4.78, 5) is 23.5.